The van der Waals surface area contributed by atoms with Crippen LogP contribution in [0.1, 0.15) is 20.7 Å². The van der Waals surface area contributed by atoms with Gasteiger partial charge < -0.3 is 19.7 Å². The number of methoxy groups -OCH3 is 2. The van der Waals surface area contributed by atoms with E-state index in [1.54, 1.807) is 66.0 Å². The lowest BCUT2D eigenvalue weighted by Gasteiger charge is -2.09. The fourth-order valence-electron chi connectivity index (χ4n) is 5.15. The van der Waals surface area contributed by atoms with Crippen molar-refractivity contribution in [2.45, 2.75) is 13.5 Å². The third kappa shape index (κ3) is 7.17. The van der Waals surface area contributed by atoms with E-state index in [1.165, 1.54) is 6.07 Å². The summed E-state index contributed by atoms with van der Waals surface area (Å²) in [4.78, 5) is 23.0. The number of nitrogens with zero attached hydrogens (tertiary/aromatic N) is 4. The average molecular weight is 686 g/mol. The summed E-state index contributed by atoms with van der Waals surface area (Å²) in [6.07, 6.45) is 0. The Labute approximate surface area is 286 Å². The van der Waals surface area contributed by atoms with Crippen LogP contribution in [0.15, 0.2) is 109 Å². The average Bonchev–Trinajstić information content (AvgIpc) is 3.61. The summed E-state index contributed by atoms with van der Waals surface area (Å²) in [5, 5.41) is 28.7. The number of halogens is 2. The van der Waals surface area contributed by atoms with Gasteiger partial charge in [-0.25, -0.2) is 19.0 Å². The molecule has 2 aromatic heterocycles. The van der Waals surface area contributed by atoms with Crippen molar-refractivity contribution < 1.29 is 29.3 Å². The van der Waals surface area contributed by atoms with Crippen LogP contribution in [0.5, 0.6) is 0 Å². The summed E-state index contributed by atoms with van der Waals surface area (Å²) in [5.41, 5.74) is 5.25. The fourth-order valence-corrected chi connectivity index (χ4v) is 5.84. The zero-order chi connectivity index (χ0) is 34.2. The highest BCUT2D eigenvalue weighted by atomic mass is 35.5. The smallest absolute Gasteiger partial charge is 0.336 e. The Kier molecular flexibility index (Phi) is 11.0. The number of aromatic carboxylic acids is 2. The summed E-state index contributed by atoms with van der Waals surface area (Å²) in [6.45, 7) is 0.370. The monoisotopic (exact) mass is 684 g/mol. The molecule has 10 nitrogen and oxygen atoms in total. The van der Waals surface area contributed by atoms with Crippen LogP contribution in [0.4, 0.5) is 0 Å². The first-order valence-electron chi connectivity index (χ1n) is 14.5. The quantitative estimate of drug-likeness (QED) is 0.147. The van der Waals surface area contributed by atoms with E-state index in [9.17, 15) is 19.8 Å². The second-order valence-corrected chi connectivity index (χ2v) is 11.0. The zero-order valence-electron chi connectivity index (χ0n) is 25.9. The molecule has 0 radical (unpaired) electrons. The molecular formula is C36H30Cl2N4O6. The van der Waals surface area contributed by atoms with Gasteiger partial charge in [-0.3, -0.25) is 0 Å². The van der Waals surface area contributed by atoms with Crippen LogP contribution < -0.4 is 0 Å². The van der Waals surface area contributed by atoms with Crippen LogP contribution >= 0.6 is 23.2 Å². The van der Waals surface area contributed by atoms with Gasteiger partial charge in [-0.15, -0.1) is 0 Å². The number of ether oxygens (including phenoxy) is 2. The summed E-state index contributed by atoms with van der Waals surface area (Å²) in [7, 11) is 3.11. The van der Waals surface area contributed by atoms with Gasteiger partial charge in [-0.2, -0.15) is 10.2 Å². The molecule has 2 N–H and O–H groups in total. The van der Waals surface area contributed by atoms with Crippen LogP contribution in [-0.4, -0.2) is 55.9 Å². The number of rotatable bonds is 10. The van der Waals surface area contributed by atoms with Crippen molar-refractivity contribution in [2.75, 3.05) is 14.2 Å². The van der Waals surface area contributed by atoms with Gasteiger partial charge in [0.25, 0.3) is 0 Å². The lowest BCUT2D eigenvalue weighted by molar-refractivity contribution is 0.0686. The van der Waals surface area contributed by atoms with Crippen LogP contribution in [0.25, 0.3) is 45.0 Å². The van der Waals surface area contributed by atoms with Crippen LogP contribution in [0.2, 0.25) is 10.0 Å². The molecule has 0 unspecified atom stereocenters. The minimum Gasteiger partial charge on any atom is -0.478 e. The number of carboxylic acids is 2. The Balaban J connectivity index is 0.000000188. The van der Waals surface area contributed by atoms with Gasteiger partial charge in [0.15, 0.2) is 0 Å². The van der Waals surface area contributed by atoms with Gasteiger partial charge in [0.2, 0.25) is 0 Å². The molecule has 6 aromatic rings. The molecule has 0 aliphatic rings. The molecule has 0 atom stereocenters. The normalized spacial score (nSPS) is 10.8. The highest BCUT2D eigenvalue weighted by Gasteiger charge is 2.24. The van der Waals surface area contributed by atoms with Crippen LogP contribution in [0.3, 0.4) is 0 Å². The van der Waals surface area contributed by atoms with Gasteiger partial charge in [-0.1, -0.05) is 120 Å². The van der Waals surface area contributed by atoms with Crippen molar-refractivity contribution in [1.82, 2.24) is 19.6 Å². The highest BCUT2D eigenvalue weighted by molar-refractivity contribution is 6.36. The maximum absolute atomic E-state index is 11.5. The molecule has 244 valence electrons. The molecule has 2 heterocycles. The maximum Gasteiger partial charge on any atom is 0.336 e. The van der Waals surface area contributed by atoms with Gasteiger partial charge in [0.05, 0.1) is 32.6 Å². The van der Waals surface area contributed by atoms with Gasteiger partial charge in [-0.05, 0) is 12.1 Å². The van der Waals surface area contributed by atoms with Crippen molar-refractivity contribution in [2.24, 2.45) is 0 Å². The molecule has 0 bridgehead atoms. The van der Waals surface area contributed by atoms with E-state index in [-0.39, 0.29) is 24.6 Å². The lowest BCUT2D eigenvalue weighted by atomic mass is 10.0. The van der Waals surface area contributed by atoms with E-state index in [2.05, 4.69) is 10.2 Å². The Morgan fingerprint density at radius 1 is 0.583 bits per heavy atom. The Morgan fingerprint density at radius 2 is 1.00 bits per heavy atom. The Hall–Kier alpha value is -5.26. The Bertz CT molecular complexity index is 2040. The molecule has 12 heteroatoms. The summed E-state index contributed by atoms with van der Waals surface area (Å²) >= 11 is 13.2. The number of benzene rings is 4. The molecule has 0 saturated carbocycles. The first-order valence-corrected chi connectivity index (χ1v) is 15.3. The van der Waals surface area contributed by atoms with Crippen LogP contribution in [0, 0.1) is 0 Å². The second kappa shape index (κ2) is 15.6. The molecule has 0 aliphatic heterocycles. The number of carbonyl (C=O) groups is 2. The molecule has 0 fully saturated rings. The third-order valence-corrected chi connectivity index (χ3v) is 7.93. The molecule has 4 aromatic carbocycles. The van der Waals surface area contributed by atoms with Crippen molar-refractivity contribution in [3.63, 3.8) is 0 Å². The Morgan fingerprint density at radius 3 is 1.54 bits per heavy atom. The number of hydrogen-bond donors (Lipinski definition) is 2. The molecule has 0 aliphatic carbocycles. The first kappa shape index (κ1) is 34.1. The molecule has 0 spiro atoms. The van der Waals surface area contributed by atoms with Gasteiger partial charge in [0.1, 0.15) is 24.8 Å². The zero-order valence-corrected chi connectivity index (χ0v) is 27.4. The van der Waals surface area contributed by atoms with Crippen molar-refractivity contribution in [3.8, 4) is 45.0 Å². The standard InChI is InChI=1S/2C18H15ClN2O3/c1-24-11-21-17(12-7-3-2-4-8-12)15(19)16(20-21)13-9-5-6-10-14(13)18(22)23;1-24-11-21-17(13-9-5-6-10-14(13)18(22)23)15(19)16(20-21)12-7-3-2-4-8-12/h2*2-10H,11H2,1H3,(H,22,23). The largest absolute Gasteiger partial charge is 0.478 e. The highest BCUT2D eigenvalue weighted by Crippen LogP contribution is 2.39. The van der Waals surface area contributed by atoms with E-state index in [4.69, 9.17) is 32.7 Å². The summed E-state index contributed by atoms with van der Waals surface area (Å²) < 4.78 is 13.6. The van der Waals surface area contributed by atoms with Crippen LogP contribution in [-0.2, 0) is 22.9 Å². The first-order chi connectivity index (χ1) is 23.3. The van der Waals surface area contributed by atoms with E-state index in [0.29, 0.717) is 43.9 Å². The molecule has 48 heavy (non-hydrogen) atoms. The van der Waals surface area contributed by atoms with E-state index >= 15 is 0 Å². The number of carboxylic acid groups (broad SMARTS) is 2. The predicted octanol–water partition coefficient (Wildman–Crippen LogP) is 8.35. The van der Waals surface area contributed by atoms with Gasteiger partial charge >= 0.3 is 11.9 Å². The molecule has 6 rings (SSSR count). The van der Waals surface area contributed by atoms with E-state index in [1.807, 2.05) is 60.7 Å². The molecular weight excluding hydrogens is 655 g/mol. The topological polar surface area (TPSA) is 129 Å². The van der Waals surface area contributed by atoms with Crippen molar-refractivity contribution >= 4 is 35.1 Å². The summed E-state index contributed by atoms with van der Waals surface area (Å²) in [6, 6.07) is 32.4. The SMILES string of the molecule is COCn1nc(-c2ccccc2)c(Cl)c1-c1ccccc1C(=O)O.COCn1nc(-c2ccccc2C(=O)O)c(Cl)c1-c1ccccc1. The van der Waals surface area contributed by atoms with Gasteiger partial charge in [0, 0.05) is 36.5 Å². The second-order valence-electron chi connectivity index (χ2n) is 10.3. The van der Waals surface area contributed by atoms with Crippen molar-refractivity contribution in [3.05, 3.63) is 130 Å². The minimum atomic E-state index is -1.02. The number of hydrogen-bond acceptors (Lipinski definition) is 6. The maximum atomic E-state index is 11.5. The number of aromatic nitrogens is 4. The summed E-state index contributed by atoms with van der Waals surface area (Å²) in [5.74, 6) is -2.04. The van der Waals surface area contributed by atoms with E-state index in [0.717, 1.165) is 11.1 Å². The lowest BCUT2D eigenvalue weighted by Crippen LogP contribution is -2.07. The third-order valence-electron chi connectivity index (χ3n) is 7.21. The fraction of sp³-hybridized carbons (Fsp3) is 0.111. The minimum absolute atomic E-state index is 0.154. The molecule has 0 saturated heterocycles. The van der Waals surface area contributed by atoms with Crippen molar-refractivity contribution in [1.29, 1.82) is 0 Å². The van der Waals surface area contributed by atoms with E-state index < -0.39 is 11.9 Å². The predicted molar refractivity (Wildman–Crippen MR) is 184 cm³/mol. The molecule has 0 amide bonds.